The van der Waals surface area contributed by atoms with E-state index >= 15 is 0 Å². The first-order chi connectivity index (χ1) is 12.6. The van der Waals surface area contributed by atoms with E-state index in [0.717, 1.165) is 5.75 Å². The van der Waals surface area contributed by atoms with Gasteiger partial charge in [0.15, 0.2) is 0 Å². The van der Waals surface area contributed by atoms with Gasteiger partial charge in [-0.3, -0.25) is 9.59 Å². The quantitative estimate of drug-likeness (QED) is 0.746. The fourth-order valence-electron chi connectivity index (χ4n) is 2.12. The van der Waals surface area contributed by atoms with Crippen LogP contribution in [0, 0.1) is 11.8 Å². The number of rotatable bonds is 7. The summed E-state index contributed by atoms with van der Waals surface area (Å²) in [7, 11) is 0. The van der Waals surface area contributed by atoms with Gasteiger partial charge in [-0.25, -0.2) is 0 Å². The number of carbonyl (C=O) groups excluding carboxylic acids is 2. The summed E-state index contributed by atoms with van der Waals surface area (Å²) in [4.78, 5) is 23.3. The van der Waals surface area contributed by atoms with E-state index in [1.807, 2.05) is 6.92 Å². The number of nitrogens with one attached hydrogen (secondary N) is 1. The minimum atomic E-state index is -0.559. The molecule has 6 nitrogen and oxygen atoms in total. The van der Waals surface area contributed by atoms with Gasteiger partial charge in [-0.2, -0.15) is 0 Å². The summed E-state index contributed by atoms with van der Waals surface area (Å²) in [5, 5.41) is 2.70. The van der Waals surface area contributed by atoms with Crippen LogP contribution in [0.1, 0.15) is 27.6 Å². The molecule has 134 valence electrons. The summed E-state index contributed by atoms with van der Waals surface area (Å²) in [6.45, 7) is 2.75. The molecule has 0 radical (unpaired) electrons. The van der Waals surface area contributed by atoms with E-state index in [9.17, 15) is 9.59 Å². The van der Waals surface area contributed by atoms with Crippen molar-refractivity contribution in [2.24, 2.45) is 5.73 Å². The molecule has 0 unspecified atom stereocenters. The van der Waals surface area contributed by atoms with Crippen LogP contribution in [0.5, 0.6) is 11.5 Å². The van der Waals surface area contributed by atoms with Gasteiger partial charge in [0.25, 0.3) is 11.8 Å². The van der Waals surface area contributed by atoms with Gasteiger partial charge in [0, 0.05) is 5.56 Å². The van der Waals surface area contributed by atoms with Gasteiger partial charge >= 0.3 is 0 Å². The van der Waals surface area contributed by atoms with Crippen LogP contribution in [-0.2, 0) is 0 Å². The van der Waals surface area contributed by atoms with E-state index in [0.29, 0.717) is 23.5 Å². The Bertz CT molecular complexity index is 820. The molecule has 2 amide bonds. The molecule has 26 heavy (non-hydrogen) atoms. The summed E-state index contributed by atoms with van der Waals surface area (Å²) in [5.41, 5.74) is 6.10. The lowest BCUT2D eigenvalue weighted by atomic mass is 10.2. The number of hydrogen-bond donors (Lipinski definition) is 2. The highest BCUT2D eigenvalue weighted by Crippen LogP contribution is 2.16. The van der Waals surface area contributed by atoms with Gasteiger partial charge in [-0.1, -0.05) is 24.0 Å². The van der Waals surface area contributed by atoms with Crippen LogP contribution in [0.25, 0.3) is 0 Å². The van der Waals surface area contributed by atoms with Crippen molar-refractivity contribution in [2.75, 3.05) is 19.8 Å². The fraction of sp³-hybridized carbons (Fsp3) is 0.200. The summed E-state index contributed by atoms with van der Waals surface area (Å²) in [6, 6.07) is 13.6. The summed E-state index contributed by atoms with van der Waals surface area (Å²) < 4.78 is 10.8. The minimum Gasteiger partial charge on any atom is -0.494 e. The number of carbonyl (C=O) groups is 2. The van der Waals surface area contributed by atoms with Gasteiger partial charge in [-0.05, 0) is 43.3 Å². The zero-order valence-corrected chi connectivity index (χ0v) is 14.5. The molecule has 0 atom stereocenters. The van der Waals surface area contributed by atoms with Crippen LogP contribution in [0.2, 0.25) is 0 Å². The highest BCUT2D eigenvalue weighted by atomic mass is 16.5. The van der Waals surface area contributed by atoms with Gasteiger partial charge < -0.3 is 20.5 Å². The standard InChI is InChI=1S/C20H20N2O4/c1-2-25-16-11-9-15(10-12-16)20(24)22-13-5-6-14-26-18-8-4-3-7-17(18)19(21)23/h3-4,7-12H,2,13-14H2,1H3,(H2,21,23)(H,22,24). The van der Waals surface area contributed by atoms with Gasteiger partial charge in [0.05, 0.1) is 18.7 Å². The Hall–Kier alpha value is -3.46. The Morgan fingerprint density at radius 1 is 1.04 bits per heavy atom. The number of ether oxygens (including phenoxy) is 2. The topological polar surface area (TPSA) is 90.7 Å². The van der Waals surface area contributed by atoms with Crippen LogP contribution >= 0.6 is 0 Å². The maximum absolute atomic E-state index is 12.0. The number of hydrogen-bond acceptors (Lipinski definition) is 4. The fourth-order valence-corrected chi connectivity index (χ4v) is 2.12. The molecule has 2 aromatic carbocycles. The first-order valence-corrected chi connectivity index (χ1v) is 8.10. The van der Waals surface area contributed by atoms with Crippen LogP contribution in [0.15, 0.2) is 48.5 Å². The third kappa shape index (κ3) is 5.56. The molecule has 0 saturated heterocycles. The van der Waals surface area contributed by atoms with E-state index < -0.39 is 5.91 Å². The molecule has 2 aromatic rings. The molecule has 0 heterocycles. The van der Waals surface area contributed by atoms with Gasteiger partial charge in [0.2, 0.25) is 0 Å². The molecule has 0 saturated carbocycles. The average Bonchev–Trinajstić information content (AvgIpc) is 2.65. The normalized spacial score (nSPS) is 9.58. The SMILES string of the molecule is CCOc1ccc(C(=O)NCC#CCOc2ccccc2C(N)=O)cc1. The largest absolute Gasteiger partial charge is 0.494 e. The minimum absolute atomic E-state index is 0.0865. The Kier molecular flexibility index (Phi) is 7.07. The summed E-state index contributed by atoms with van der Waals surface area (Å²) in [6.07, 6.45) is 0. The van der Waals surface area contributed by atoms with Crippen molar-refractivity contribution in [3.05, 3.63) is 59.7 Å². The van der Waals surface area contributed by atoms with E-state index in [1.54, 1.807) is 48.5 Å². The smallest absolute Gasteiger partial charge is 0.252 e. The first kappa shape index (κ1) is 18.9. The zero-order chi connectivity index (χ0) is 18.8. The predicted octanol–water partition coefficient (Wildman–Crippen LogP) is 2.00. The lowest BCUT2D eigenvalue weighted by Gasteiger charge is -2.06. The number of nitrogens with two attached hydrogens (primary N) is 1. The predicted molar refractivity (Wildman–Crippen MR) is 98.2 cm³/mol. The molecular formula is C20H20N2O4. The van der Waals surface area contributed by atoms with Crippen LogP contribution in [0.4, 0.5) is 0 Å². The van der Waals surface area contributed by atoms with E-state index in [-0.39, 0.29) is 19.1 Å². The van der Waals surface area contributed by atoms with E-state index in [2.05, 4.69) is 17.2 Å². The lowest BCUT2D eigenvalue weighted by Crippen LogP contribution is -2.23. The molecule has 6 heteroatoms. The molecule has 0 fully saturated rings. The second-order valence-electron chi connectivity index (χ2n) is 5.14. The molecule has 3 N–H and O–H groups in total. The number of amides is 2. The monoisotopic (exact) mass is 352 g/mol. The maximum Gasteiger partial charge on any atom is 0.252 e. The van der Waals surface area contributed by atoms with Crippen molar-refractivity contribution in [3.63, 3.8) is 0 Å². The lowest BCUT2D eigenvalue weighted by molar-refractivity contribution is 0.0956. The van der Waals surface area contributed by atoms with Crippen molar-refractivity contribution in [2.45, 2.75) is 6.92 Å². The Morgan fingerprint density at radius 2 is 1.77 bits per heavy atom. The average molecular weight is 352 g/mol. The third-order valence-electron chi connectivity index (χ3n) is 3.34. The van der Waals surface area contributed by atoms with Crippen LogP contribution in [0.3, 0.4) is 0 Å². The molecule has 0 aliphatic rings. The second kappa shape index (κ2) is 9.74. The number of primary amides is 1. The number of para-hydroxylation sites is 1. The van der Waals surface area contributed by atoms with E-state index in [1.165, 1.54) is 0 Å². The van der Waals surface area contributed by atoms with Crippen LogP contribution < -0.4 is 20.5 Å². The highest BCUT2D eigenvalue weighted by molar-refractivity contribution is 5.95. The van der Waals surface area contributed by atoms with Crippen molar-refractivity contribution < 1.29 is 19.1 Å². The van der Waals surface area contributed by atoms with Gasteiger partial charge in [-0.15, -0.1) is 0 Å². The third-order valence-corrected chi connectivity index (χ3v) is 3.34. The molecule has 0 bridgehead atoms. The van der Waals surface area contributed by atoms with Crippen molar-refractivity contribution in [3.8, 4) is 23.3 Å². The Labute approximate surface area is 152 Å². The molecule has 0 aliphatic carbocycles. The van der Waals surface area contributed by atoms with Crippen molar-refractivity contribution in [1.29, 1.82) is 0 Å². The first-order valence-electron chi connectivity index (χ1n) is 8.10. The summed E-state index contributed by atoms with van der Waals surface area (Å²) in [5.74, 6) is 5.89. The van der Waals surface area contributed by atoms with Crippen molar-refractivity contribution >= 4 is 11.8 Å². The zero-order valence-electron chi connectivity index (χ0n) is 14.5. The second-order valence-corrected chi connectivity index (χ2v) is 5.14. The van der Waals surface area contributed by atoms with Crippen molar-refractivity contribution in [1.82, 2.24) is 5.32 Å². The maximum atomic E-state index is 12.0. The van der Waals surface area contributed by atoms with Crippen LogP contribution in [-0.4, -0.2) is 31.6 Å². The van der Waals surface area contributed by atoms with E-state index in [4.69, 9.17) is 15.2 Å². The Balaban J connectivity index is 1.78. The number of benzene rings is 2. The Morgan fingerprint density at radius 3 is 2.46 bits per heavy atom. The molecule has 0 aromatic heterocycles. The van der Waals surface area contributed by atoms with Gasteiger partial charge in [0.1, 0.15) is 18.1 Å². The molecular weight excluding hydrogens is 332 g/mol. The molecule has 0 spiro atoms. The highest BCUT2D eigenvalue weighted by Gasteiger charge is 2.07. The molecule has 0 aliphatic heterocycles. The summed E-state index contributed by atoms with van der Waals surface area (Å²) >= 11 is 0. The molecule has 2 rings (SSSR count).